The van der Waals surface area contributed by atoms with Gasteiger partial charge < -0.3 is 10.2 Å². The average molecular weight is 615 g/mol. The minimum Gasteiger partial charge on any atom is -0.354 e. The van der Waals surface area contributed by atoms with Crippen LogP contribution < -0.4 is 9.62 Å². The predicted molar refractivity (Wildman–Crippen MR) is 160 cm³/mol. The number of anilines is 1. The standard InChI is InChI=1S/C30H36BrN3O4S/c1-4-5-17-32-30(36)28(20-24-12-7-6-8-13-24)33(21-25-14-10-15-26(31)19-25)29(35)22-34(39(3,37)38)27-16-9-11-23(2)18-27/h6-16,18-19,28H,4-5,17,20-22H2,1-3H3,(H,32,36)/t28-/m1/s1. The molecule has 0 heterocycles. The van der Waals surface area contributed by atoms with Crippen LogP contribution in [-0.4, -0.2) is 50.5 Å². The monoisotopic (exact) mass is 613 g/mol. The van der Waals surface area contributed by atoms with E-state index in [4.69, 9.17) is 0 Å². The Kier molecular flexibility index (Phi) is 11.1. The van der Waals surface area contributed by atoms with Crippen molar-refractivity contribution in [3.63, 3.8) is 0 Å². The number of benzene rings is 3. The Bertz CT molecular complexity index is 1370. The van der Waals surface area contributed by atoms with Crippen LogP contribution in [0, 0.1) is 6.92 Å². The highest BCUT2D eigenvalue weighted by molar-refractivity contribution is 9.10. The number of nitrogens with one attached hydrogen (secondary N) is 1. The summed E-state index contributed by atoms with van der Waals surface area (Å²) in [5, 5.41) is 2.99. The van der Waals surface area contributed by atoms with Crippen molar-refractivity contribution in [2.24, 2.45) is 0 Å². The molecule has 39 heavy (non-hydrogen) atoms. The molecule has 0 aliphatic heterocycles. The van der Waals surface area contributed by atoms with Crippen molar-refractivity contribution in [1.29, 1.82) is 0 Å². The third-order valence-electron chi connectivity index (χ3n) is 6.31. The van der Waals surface area contributed by atoms with Gasteiger partial charge in [0, 0.05) is 24.0 Å². The molecule has 3 aromatic carbocycles. The highest BCUT2D eigenvalue weighted by Crippen LogP contribution is 2.22. The molecule has 3 aromatic rings. The Labute approximate surface area is 240 Å². The second kappa shape index (κ2) is 14.3. The van der Waals surface area contributed by atoms with Gasteiger partial charge in [0.15, 0.2) is 0 Å². The van der Waals surface area contributed by atoms with Crippen molar-refractivity contribution in [3.05, 3.63) is 100 Å². The van der Waals surface area contributed by atoms with Crippen LogP contribution in [0.1, 0.15) is 36.5 Å². The van der Waals surface area contributed by atoms with Crippen molar-refractivity contribution in [3.8, 4) is 0 Å². The zero-order valence-corrected chi connectivity index (χ0v) is 25.0. The van der Waals surface area contributed by atoms with E-state index in [0.29, 0.717) is 18.7 Å². The minimum absolute atomic E-state index is 0.141. The second-order valence-electron chi connectivity index (χ2n) is 9.61. The third-order valence-corrected chi connectivity index (χ3v) is 7.95. The topological polar surface area (TPSA) is 86.8 Å². The molecule has 208 valence electrons. The summed E-state index contributed by atoms with van der Waals surface area (Å²) >= 11 is 3.48. The van der Waals surface area contributed by atoms with E-state index in [-0.39, 0.29) is 12.5 Å². The molecule has 3 rings (SSSR count). The van der Waals surface area contributed by atoms with Crippen LogP contribution >= 0.6 is 15.9 Å². The fraction of sp³-hybridized carbons (Fsp3) is 0.333. The Morgan fingerprint density at radius 2 is 1.64 bits per heavy atom. The van der Waals surface area contributed by atoms with E-state index in [1.54, 1.807) is 18.2 Å². The lowest BCUT2D eigenvalue weighted by molar-refractivity contribution is -0.140. The second-order valence-corrected chi connectivity index (χ2v) is 12.4. The normalized spacial score (nSPS) is 12.0. The first-order chi connectivity index (χ1) is 18.6. The number of hydrogen-bond donors (Lipinski definition) is 1. The zero-order chi connectivity index (χ0) is 28.4. The van der Waals surface area contributed by atoms with E-state index < -0.39 is 28.5 Å². The number of halogens is 1. The molecule has 0 radical (unpaired) electrons. The summed E-state index contributed by atoms with van der Waals surface area (Å²) in [7, 11) is -3.79. The zero-order valence-electron chi connectivity index (χ0n) is 22.6. The van der Waals surface area contributed by atoms with Crippen molar-refractivity contribution in [2.45, 2.75) is 45.7 Å². The minimum atomic E-state index is -3.79. The van der Waals surface area contributed by atoms with E-state index in [0.717, 1.165) is 44.6 Å². The van der Waals surface area contributed by atoms with Gasteiger partial charge >= 0.3 is 0 Å². The number of hydrogen-bond acceptors (Lipinski definition) is 4. The van der Waals surface area contributed by atoms with Crippen LogP contribution in [0.15, 0.2) is 83.3 Å². The van der Waals surface area contributed by atoms with Gasteiger partial charge in [-0.05, 0) is 54.3 Å². The van der Waals surface area contributed by atoms with Gasteiger partial charge in [-0.15, -0.1) is 0 Å². The van der Waals surface area contributed by atoms with Gasteiger partial charge in [0.2, 0.25) is 21.8 Å². The molecule has 0 aliphatic carbocycles. The third kappa shape index (κ3) is 9.21. The molecule has 2 amide bonds. The van der Waals surface area contributed by atoms with Gasteiger partial charge in [-0.1, -0.05) is 83.9 Å². The smallest absolute Gasteiger partial charge is 0.244 e. The molecule has 0 aliphatic rings. The SMILES string of the molecule is CCCCNC(=O)[C@@H](Cc1ccccc1)N(Cc1cccc(Br)c1)C(=O)CN(c1cccc(C)c1)S(C)(=O)=O. The molecule has 0 saturated carbocycles. The number of carbonyl (C=O) groups excluding carboxylic acids is 2. The number of nitrogens with zero attached hydrogens (tertiary/aromatic N) is 2. The highest BCUT2D eigenvalue weighted by atomic mass is 79.9. The summed E-state index contributed by atoms with van der Waals surface area (Å²) in [5.74, 6) is -0.731. The fourth-order valence-corrected chi connectivity index (χ4v) is 5.58. The summed E-state index contributed by atoms with van der Waals surface area (Å²) in [5.41, 5.74) is 2.99. The number of sulfonamides is 1. The summed E-state index contributed by atoms with van der Waals surface area (Å²) in [6.45, 7) is 4.12. The van der Waals surface area contributed by atoms with E-state index >= 15 is 0 Å². The van der Waals surface area contributed by atoms with Gasteiger partial charge in [0.25, 0.3) is 0 Å². The molecule has 1 N–H and O–H groups in total. The molecular weight excluding hydrogens is 578 g/mol. The Morgan fingerprint density at radius 3 is 2.28 bits per heavy atom. The van der Waals surface area contributed by atoms with Gasteiger partial charge in [0.1, 0.15) is 12.6 Å². The Balaban J connectivity index is 2.03. The van der Waals surface area contributed by atoms with Crippen molar-refractivity contribution in [2.75, 3.05) is 23.7 Å². The van der Waals surface area contributed by atoms with Crippen molar-refractivity contribution >= 4 is 43.5 Å². The van der Waals surface area contributed by atoms with Crippen LogP contribution in [0.5, 0.6) is 0 Å². The number of amides is 2. The largest absolute Gasteiger partial charge is 0.354 e. The molecule has 0 bridgehead atoms. The fourth-order valence-electron chi connectivity index (χ4n) is 4.29. The van der Waals surface area contributed by atoms with Crippen molar-refractivity contribution < 1.29 is 18.0 Å². The lowest BCUT2D eigenvalue weighted by Gasteiger charge is -2.33. The lowest BCUT2D eigenvalue weighted by atomic mass is 10.0. The van der Waals surface area contributed by atoms with Crippen LogP contribution in [-0.2, 0) is 32.6 Å². The number of aryl methyl sites for hydroxylation is 1. The first-order valence-electron chi connectivity index (χ1n) is 13.0. The maximum Gasteiger partial charge on any atom is 0.244 e. The average Bonchev–Trinajstić information content (AvgIpc) is 2.89. The molecule has 0 unspecified atom stereocenters. The number of unbranched alkanes of at least 4 members (excludes halogenated alkanes) is 1. The summed E-state index contributed by atoms with van der Waals surface area (Å²) in [4.78, 5) is 29.1. The van der Waals surface area contributed by atoms with E-state index in [1.807, 2.05) is 74.5 Å². The summed E-state index contributed by atoms with van der Waals surface area (Å²) in [6.07, 6.45) is 3.12. The number of carbonyl (C=O) groups is 2. The molecule has 7 nitrogen and oxygen atoms in total. The van der Waals surface area contributed by atoms with E-state index in [1.165, 1.54) is 4.90 Å². The summed E-state index contributed by atoms with van der Waals surface area (Å²) < 4.78 is 27.6. The first-order valence-corrected chi connectivity index (χ1v) is 15.6. The van der Waals surface area contributed by atoms with Crippen LogP contribution in [0.4, 0.5) is 5.69 Å². The predicted octanol–water partition coefficient (Wildman–Crippen LogP) is 5.08. The maximum atomic E-state index is 14.0. The van der Waals surface area contributed by atoms with Gasteiger partial charge in [-0.3, -0.25) is 13.9 Å². The Hall–Kier alpha value is -3.17. The van der Waals surface area contributed by atoms with E-state index in [2.05, 4.69) is 21.2 Å². The van der Waals surface area contributed by atoms with Gasteiger partial charge in [-0.25, -0.2) is 8.42 Å². The summed E-state index contributed by atoms with van der Waals surface area (Å²) in [6, 6.07) is 23.2. The van der Waals surface area contributed by atoms with Gasteiger partial charge in [0.05, 0.1) is 11.9 Å². The quantitative estimate of drug-likeness (QED) is 0.272. The van der Waals surface area contributed by atoms with Crippen molar-refractivity contribution in [1.82, 2.24) is 10.2 Å². The van der Waals surface area contributed by atoms with Crippen LogP contribution in [0.2, 0.25) is 0 Å². The Morgan fingerprint density at radius 1 is 0.949 bits per heavy atom. The number of rotatable bonds is 13. The lowest BCUT2D eigenvalue weighted by Crippen LogP contribution is -2.53. The first kappa shape index (κ1) is 30.4. The molecule has 0 saturated heterocycles. The highest BCUT2D eigenvalue weighted by Gasteiger charge is 2.33. The molecule has 1 atom stereocenters. The maximum absolute atomic E-state index is 14.0. The van der Waals surface area contributed by atoms with Crippen LogP contribution in [0.25, 0.3) is 0 Å². The van der Waals surface area contributed by atoms with E-state index in [9.17, 15) is 18.0 Å². The molecular formula is C30H36BrN3O4S. The molecule has 0 spiro atoms. The molecule has 9 heteroatoms. The van der Waals surface area contributed by atoms with Crippen LogP contribution in [0.3, 0.4) is 0 Å². The molecule has 0 aromatic heterocycles. The van der Waals surface area contributed by atoms with Gasteiger partial charge in [-0.2, -0.15) is 0 Å². The molecule has 0 fully saturated rings.